The Kier molecular flexibility index (Phi) is 8.47. The van der Waals surface area contributed by atoms with Gasteiger partial charge in [0.2, 0.25) is 10.0 Å². The third-order valence-electron chi connectivity index (χ3n) is 6.10. The molecule has 2 saturated heterocycles. The molecule has 0 saturated carbocycles. The number of hydrogen-bond donors (Lipinski definition) is 0. The van der Waals surface area contributed by atoms with E-state index in [2.05, 4.69) is 0 Å². The first-order chi connectivity index (χ1) is 15.7. The van der Waals surface area contributed by atoms with Crippen molar-refractivity contribution in [3.8, 4) is 0 Å². The highest BCUT2D eigenvalue weighted by atomic mass is 32.2. The summed E-state index contributed by atoms with van der Waals surface area (Å²) in [5.74, 6) is -1.48. The summed E-state index contributed by atoms with van der Waals surface area (Å²) in [4.78, 5) is 38.8. The van der Waals surface area contributed by atoms with Crippen molar-refractivity contribution in [2.45, 2.75) is 57.0 Å². The number of likely N-dealkylation sites (tertiary alicyclic amines) is 1. The Morgan fingerprint density at radius 2 is 1.61 bits per heavy atom. The Hall–Kier alpha value is -2.46. The molecule has 2 heterocycles. The average molecular weight is 481 g/mol. The van der Waals surface area contributed by atoms with Crippen molar-refractivity contribution in [1.29, 1.82) is 0 Å². The van der Waals surface area contributed by atoms with Gasteiger partial charge in [0.1, 0.15) is 0 Å². The van der Waals surface area contributed by atoms with Crippen molar-refractivity contribution in [2.75, 3.05) is 32.8 Å². The van der Waals surface area contributed by atoms with E-state index in [0.717, 1.165) is 19.3 Å². The molecule has 2 fully saturated rings. The van der Waals surface area contributed by atoms with Crippen molar-refractivity contribution in [3.63, 3.8) is 0 Å². The molecule has 2 aliphatic heterocycles. The van der Waals surface area contributed by atoms with Gasteiger partial charge in [0, 0.05) is 26.2 Å². The molecule has 182 valence electrons. The van der Waals surface area contributed by atoms with E-state index in [-0.39, 0.29) is 28.3 Å². The van der Waals surface area contributed by atoms with Crippen LogP contribution in [0.4, 0.5) is 0 Å². The molecule has 0 aliphatic carbocycles. The molecule has 1 atom stereocenters. The third-order valence-corrected chi connectivity index (χ3v) is 8.01. The van der Waals surface area contributed by atoms with Crippen LogP contribution in [0.25, 0.3) is 0 Å². The van der Waals surface area contributed by atoms with E-state index in [9.17, 15) is 22.8 Å². The Labute approximate surface area is 195 Å². The smallest absolute Gasteiger partial charge is 0.338 e. The Morgan fingerprint density at radius 3 is 2.18 bits per heavy atom. The van der Waals surface area contributed by atoms with Crippen LogP contribution in [0.1, 0.15) is 56.3 Å². The monoisotopic (exact) mass is 480 g/mol. The molecule has 3 rings (SSSR count). The Morgan fingerprint density at radius 1 is 1.00 bits per heavy atom. The van der Waals surface area contributed by atoms with Gasteiger partial charge in [0.25, 0.3) is 5.91 Å². The van der Waals surface area contributed by atoms with E-state index in [1.165, 1.54) is 35.5 Å². The molecule has 1 aromatic carbocycles. The molecule has 0 N–H and O–H groups in total. The molecule has 10 heteroatoms. The van der Waals surface area contributed by atoms with Crippen LogP contribution in [0.15, 0.2) is 29.2 Å². The van der Waals surface area contributed by atoms with Gasteiger partial charge in [-0.25, -0.2) is 13.2 Å². The first kappa shape index (κ1) is 25.2. The predicted octanol–water partition coefficient (Wildman–Crippen LogP) is 2.21. The van der Waals surface area contributed by atoms with Gasteiger partial charge in [-0.05, 0) is 63.8 Å². The highest BCUT2D eigenvalue weighted by molar-refractivity contribution is 7.89. The van der Waals surface area contributed by atoms with Gasteiger partial charge < -0.3 is 14.4 Å². The van der Waals surface area contributed by atoms with E-state index in [1.807, 2.05) is 0 Å². The molecule has 33 heavy (non-hydrogen) atoms. The minimum absolute atomic E-state index is 0.134. The number of carbonyl (C=O) groups excluding carboxylic acids is 3. The number of sulfonamides is 1. The van der Waals surface area contributed by atoms with Crippen molar-refractivity contribution < 1.29 is 32.3 Å². The topological polar surface area (TPSA) is 110 Å². The lowest BCUT2D eigenvalue weighted by Crippen LogP contribution is -2.45. The van der Waals surface area contributed by atoms with Crippen LogP contribution in [-0.2, 0) is 29.1 Å². The van der Waals surface area contributed by atoms with E-state index < -0.39 is 22.1 Å². The van der Waals surface area contributed by atoms with Crippen LogP contribution in [0, 0.1) is 5.92 Å². The largest absolute Gasteiger partial charge is 0.466 e. The van der Waals surface area contributed by atoms with Crippen LogP contribution in [0.5, 0.6) is 0 Å². The molecule has 1 aromatic rings. The van der Waals surface area contributed by atoms with Gasteiger partial charge >= 0.3 is 11.9 Å². The van der Waals surface area contributed by atoms with E-state index in [1.54, 1.807) is 11.8 Å². The minimum Gasteiger partial charge on any atom is -0.466 e. The number of piperidine rings is 2. The van der Waals surface area contributed by atoms with Crippen LogP contribution in [0.3, 0.4) is 0 Å². The highest BCUT2D eigenvalue weighted by Crippen LogP contribution is 2.22. The van der Waals surface area contributed by atoms with E-state index >= 15 is 0 Å². The van der Waals surface area contributed by atoms with Crippen LogP contribution < -0.4 is 0 Å². The van der Waals surface area contributed by atoms with Crippen LogP contribution in [-0.4, -0.2) is 74.4 Å². The zero-order valence-corrected chi connectivity index (χ0v) is 20.0. The molecular formula is C23H32N2O7S. The summed E-state index contributed by atoms with van der Waals surface area (Å²) in [5.41, 5.74) is 0.174. The van der Waals surface area contributed by atoms with Crippen molar-refractivity contribution in [2.24, 2.45) is 5.92 Å². The van der Waals surface area contributed by atoms with E-state index in [0.29, 0.717) is 45.6 Å². The first-order valence-electron chi connectivity index (χ1n) is 11.5. The number of rotatable bonds is 7. The van der Waals surface area contributed by atoms with Crippen molar-refractivity contribution >= 4 is 27.9 Å². The lowest BCUT2D eigenvalue weighted by molar-refractivity contribution is -0.152. The number of esters is 2. The summed E-state index contributed by atoms with van der Waals surface area (Å²) in [6.07, 6.45) is 2.74. The lowest BCUT2D eigenvalue weighted by Gasteiger charge is -2.32. The quantitative estimate of drug-likeness (QED) is 0.550. The maximum Gasteiger partial charge on any atom is 0.338 e. The standard InChI is InChI=1S/C23H32N2O7S/c1-3-31-22(27)19-11-15-24(16-12-19)21(26)17(2)32-23(28)18-7-9-20(10-8-18)33(29,30)25-13-5-4-6-14-25/h7-10,17,19H,3-6,11-16H2,1-2H3/t17-/m0/s1. The zero-order valence-electron chi connectivity index (χ0n) is 19.2. The van der Waals surface area contributed by atoms with E-state index in [4.69, 9.17) is 9.47 Å². The minimum atomic E-state index is -3.58. The van der Waals surface area contributed by atoms with Crippen molar-refractivity contribution in [3.05, 3.63) is 29.8 Å². The fourth-order valence-electron chi connectivity index (χ4n) is 4.15. The SMILES string of the molecule is CCOC(=O)C1CCN(C(=O)[C@H](C)OC(=O)c2ccc(S(=O)(=O)N3CCCCC3)cc2)CC1. The fourth-order valence-corrected chi connectivity index (χ4v) is 5.67. The molecule has 0 spiro atoms. The number of nitrogens with zero attached hydrogens (tertiary/aromatic N) is 2. The molecule has 2 aliphatic rings. The molecule has 1 amide bonds. The summed E-state index contributed by atoms with van der Waals surface area (Å²) in [5, 5.41) is 0. The van der Waals surface area contributed by atoms with Crippen molar-refractivity contribution in [1.82, 2.24) is 9.21 Å². The molecule has 0 bridgehead atoms. The second-order valence-corrected chi connectivity index (χ2v) is 10.3. The Bertz CT molecular complexity index is 948. The van der Waals surface area contributed by atoms with Crippen LogP contribution in [0.2, 0.25) is 0 Å². The fraction of sp³-hybridized carbons (Fsp3) is 0.609. The van der Waals surface area contributed by atoms with Crippen LogP contribution >= 0.6 is 0 Å². The predicted molar refractivity (Wildman–Crippen MR) is 120 cm³/mol. The maximum absolute atomic E-state index is 12.7. The number of carbonyl (C=O) groups is 3. The van der Waals surface area contributed by atoms with Gasteiger partial charge in [-0.3, -0.25) is 9.59 Å². The van der Waals surface area contributed by atoms with Gasteiger partial charge in [-0.2, -0.15) is 4.31 Å². The summed E-state index contributed by atoms with van der Waals surface area (Å²) in [7, 11) is -3.58. The van der Waals surface area contributed by atoms with Gasteiger partial charge in [0.05, 0.1) is 23.0 Å². The van der Waals surface area contributed by atoms with Gasteiger partial charge in [0.15, 0.2) is 6.10 Å². The number of benzene rings is 1. The summed E-state index contributed by atoms with van der Waals surface area (Å²) in [6, 6.07) is 5.60. The summed E-state index contributed by atoms with van der Waals surface area (Å²) >= 11 is 0. The molecular weight excluding hydrogens is 448 g/mol. The number of ether oxygens (including phenoxy) is 2. The van der Waals surface area contributed by atoms with Gasteiger partial charge in [-0.1, -0.05) is 6.42 Å². The second-order valence-electron chi connectivity index (χ2n) is 8.39. The second kappa shape index (κ2) is 11.1. The average Bonchev–Trinajstić information content (AvgIpc) is 2.84. The number of amides is 1. The molecule has 0 radical (unpaired) electrons. The van der Waals surface area contributed by atoms with Gasteiger partial charge in [-0.15, -0.1) is 0 Å². The zero-order chi connectivity index (χ0) is 24.0. The number of hydrogen-bond acceptors (Lipinski definition) is 7. The molecule has 0 unspecified atom stereocenters. The normalized spacial score (nSPS) is 19.0. The first-order valence-corrected chi connectivity index (χ1v) is 12.9. The molecule has 9 nitrogen and oxygen atoms in total. The lowest BCUT2D eigenvalue weighted by atomic mass is 9.97. The molecule has 0 aromatic heterocycles. The maximum atomic E-state index is 12.7. The summed E-state index contributed by atoms with van der Waals surface area (Å²) < 4.78 is 37.3. The Balaban J connectivity index is 1.54. The third kappa shape index (κ3) is 6.11. The summed E-state index contributed by atoms with van der Waals surface area (Å²) in [6.45, 7) is 5.39. The highest BCUT2D eigenvalue weighted by Gasteiger charge is 2.32.